The molecular formula is C13H19ClN2O2. The van der Waals surface area contributed by atoms with Gasteiger partial charge in [0.05, 0.1) is 4.92 Å². The fourth-order valence-corrected chi connectivity index (χ4v) is 2.68. The first kappa shape index (κ1) is 14.9. The predicted molar refractivity (Wildman–Crippen MR) is 73.8 cm³/mol. The van der Waals surface area contributed by atoms with Gasteiger partial charge in [0.2, 0.25) is 0 Å². The Balaban J connectivity index is 0.00000162. The van der Waals surface area contributed by atoms with Crippen LogP contribution in [0.4, 0.5) is 5.69 Å². The highest BCUT2D eigenvalue weighted by Gasteiger charge is 2.26. The van der Waals surface area contributed by atoms with Crippen molar-refractivity contribution >= 4 is 18.1 Å². The topological polar surface area (TPSA) is 69.2 Å². The summed E-state index contributed by atoms with van der Waals surface area (Å²) in [6.45, 7) is 0. The average Bonchev–Trinajstić information content (AvgIpc) is 2.39. The normalized spacial score (nSPS) is 17.8. The molecule has 1 saturated carbocycles. The van der Waals surface area contributed by atoms with E-state index in [4.69, 9.17) is 5.73 Å². The molecule has 1 aromatic carbocycles. The lowest BCUT2D eigenvalue weighted by Crippen LogP contribution is -2.24. The van der Waals surface area contributed by atoms with E-state index < -0.39 is 0 Å². The number of benzene rings is 1. The molecular weight excluding hydrogens is 252 g/mol. The third-order valence-corrected chi connectivity index (χ3v) is 3.65. The van der Waals surface area contributed by atoms with Gasteiger partial charge in [-0.1, -0.05) is 37.5 Å². The van der Waals surface area contributed by atoms with Crippen molar-refractivity contribution in [2.75, 3.05) is 0 Å². The Bertz CT molecular complexity index is 406. The van der Waals surface area contributed by atoms with Gasteiger partial charge in [-0.25, -0.2) is 0 Å². The van der Waals surface area contributed by atoms with E-state index in [1.165, 1.54) is 25.3 Å². The summed E-state index contributed by atoms with van der Waals surface area (Å²) in [4.78, 5) is 10.6. The number of rotatable bonds is 3. The zero-order valence-corrected chi connectivity index (χ0v) is 11.1. The van der Waals surface area contributed by atoms with Gasteiger partial charge >= 0.3 is 0 Å². The van der Waals surface area contributed by atoms with Crippen LogP contribution in [-0.4, -0.2) is 4.92 Å². The molecule has 0 saturated heterocycles. The fraction of sp³-hybridized carbons (Fsp3) is 0.538. The summed E-state index contributed by atoms with van der Waals surface area (Å²) in [5, 5.41) is 11.0. The smallest absolute Gasteiger partial charge is 0.274 e. The van der Waals surface area contributed by atoms with E-state index in [0.29, 0.717) is 11.5 Å². The maximum Gasteiger partial charge on any atom is 0.274 e. The van der Waals surface area contributed by atoms with Crippen molar-refractivity contribution in [2.45, 2.75) is 38.1 Å². The molecule has 0 aliphatic heterocycles. The van der Waals surface area contributed by atoms with E-state index in [9.17, 15) is 10.1 Å². The molecule has 1 aliphatic rings. The average molecular weight is 271 g/mol. The van der Waals surface area contributed by atoms with Crippen molar-refractivity contribution in [3.05, 3.63) is 39.9 Å². The fourth-order valence-electron chi connectivity index (χ4n) is 2.68. The molecule has 0 bridgehead atoms. The van der Waals surface area contributed by atoms with E-state index in [1.54, 1.807) is 12.1 Å². The SMILES string of the molecule is Cl.N[C@H](c1ccccc1[N+](=O)[O-])C1CCCCC1. The van der Waals surface area contributed by atoms with Gasteiger partial charge in [-0.2, -0.15) is 0 Å². The molecule has 0 spiro atoms. The van der Waals surface area contributed by atoms with Crippen molar-refractivity contribution < 1.29 is 4.92 Å². The highest BCUT2D eigenvalue weighted by molar-refractivity contribution is 5.85. The highest BCUT2D eigenvalue weighted by Crippen LogP contribution is 2.35. The van der Waals surface area contributed by atoms with E-state index in [1.807, 2.05) is 6.07 Å². The molecule has 0 aromatic heterocycles. The van der Waals surface area contributed by atoms with E-state index in [0.717, 1.165) is 12.8 Å². The first-order chi connectivity index (χ1) is 8.20. The second-order valence-electron chi connectivity index (χ2n) is 4.74. The third kappa shape index (κ3) is 3.21. The van der Waals surface area contributed by atoms with Crippen molar-refractivity contribution in [1.82, 2.24) is 0 Å². The zero-order valence-electron chi connectivity index (χ0n) is 10.2. The van der Waals surface area contributed by atoms with E-state index in [2.05, 4.69) is 0 Å². The van der Waals surface area contributed by atoms with Crippen LogP contribution in [0.1, 0.15) is 43.7 Å². The molecule has 4 nitrogen and oxygen atoms in total. The highest BCUT2D eigenvalue weighted by atomic mass is 35.5. The van der Waals surface area contributed by atoms with Gasteiger partial charge in [-0.3, -0.25) is 10.1 Å². The molecule has 1 aliphatic carbocycles. The lowest BCUT2D eigenvalue weighted by Gasteiger charge is -2.27. The maximum absolute atomic E-state index is 11.0. The van der Waals surface area contributed by atoms with Crippen LogP contribution in [0.5, 0.6) is 0 Å². The van der Waals surface area contributed by atoms with E-state index in [-0.39, 0.29) is 29.1 Å². The molecule has 0 unspecified atom stereocenters. The third-order valence-electron chi connectivity index (χ3n) is 3.65. The Labute approximate surface area is 113 Å². The molecule has 5 heteroatoms. The number of nitro groups is 1. The lowest BCUT2D eigenvalue weighted by atomic mass is 9.81. The Kier molecular flexibility index (Phi) is 5.56. The summed E-state index contributed by atoms with van der Waals surface area (Å²) < 4.78 is 0. The first-order valence-corrected chi connectivity index (χ1v) is 6.19. The Morgan fingerprint density at radius 3 is 2.44 bits per heavy atom. The van der Waals surface area contributed by atoms with E-state index >= 15 is 0 Å². The quantitative estimate of drug-likeness (QED) is 0.674. The molecule has 0 heterocycles. The summed E-state index contributed by atoms with van der Waals surface area (Å²) in [7, 11) is 0. The molecule has 0 amide bonds. The van der Waals surface area contributed by atoms with Crippen LogP contribution in [0.25, 0.3) is 0 Å². The second kappa shape index (κ2) is 6.71. The summed E-state index contributed by atoms with van der Waals surface area (Å²) in [6.07, 6.45) is 5.83. The summed E-state index contributed by atoms with van der Waals surface area (Å²) >= 11 is 0. The summed E-state index contributed by atoms with van der Waals surface area (Å²) in [5.74, 6) is 0.393. The first-order valence-electron chi connectivity index (χ1n) is 6.19. The van der Waals surface area contributed by atoms with Gasteiger partial charge in [-0.05, 0) is 18.8 Å². The van der Waals surface area contributed by atoms with Crippen LogP contribution in [0.3, 0.4) is 0 Å². The minimum absolute atomic E-state index is 0. The number of hydrogen-bond donors (Lipinski definition) is 1. The predicted octanol–water partition coefficient (Wildman–Crippen LogP) is 3.60. The monoisotopic (exact) mass is 270 g/mol. The number of nitro benzene ring substituents is 1. The standard InChI is InChI=1S/C13H18N2O2.ClH/c14-13(10-6-2-1-3-7-10)11-8-4-5-9-12(11)15(16)17;/h4-5,8-10,13H,1-3,6-7,14H2;1H/t13-;/m0./s1. The van der Waals surface area contributed by atoms with Gasteiger partial charge < -0.3 is 5.73 Å². The van der Waals surface area contributed by atoms with Gasteiger partial charge in [0.25, 0.3) is 5.69 Å². The zero-order chi connectivity index (χ0) is 12.3. The summed E-state index contributed by atoms with van der Waals surface area (Å²) in [6, 6.07) is 6.65. The minimum atomic E-state index is -0.335. The number of nitrogens with two attached hydrogens (primary N) is 1. The molecule has 2 rings (SSSR count). The lowest BCUT2D eigenvalue weighted by molar-refractivity contribution is -0.385. The van der Waals surface area contributed by atoms with Crippen molar-refractivity contribution in [3.8, 4) is 0 Å². The van der Waals surface area contributed by atoms with Gasteiger partial charge in [-0.15, -0.1) is 12.4 Å². The van der Waals surface area contributed by atoms with Crippen LogP contribution >= 0.6 is 12.4 Å². The second-order valence-corrected chi connectivity index (χ2v) is 4.74. The Morgan fingerprint density at radius 1 is 1.22 bits per heavy atom. The maximum atomic E-state index is 11.0. The van der Waals surface area contributed by atoms with Crippen LogP contribution in [-0.2, 0) is 0 Å². The molecule has 0 radical (unpaired) electrons. The molecule has 1 fully saturated rings. The van der Waals surface area contributed by atoms with Gasteiger partial charge in [0.1, 0.15) is 0 Å². The van der Waals surface area contributed by atoms with Gasteiger partial charge in [0, 0.05) is 17.7 Å². The molecule has 100 valence electrons. The largest absolute Gasteiger partial charge is 0.324 e. The molecule has 1 atom stereocenters. The van der Waals surface area contributed by atoms with Crippen LogP contribution in [0.15, 0.2) is 24.3 Å². The molecule has 18 heavy (non-hydrogen) atoms. The number of halogens is 1. The van der Waals surface area contributed by atoms with Gasteiger partial charge in [0.15, 0.2) is 0 Å². The number of para-hydroxylation sites is 1. The molecule has 2 N–H and O–H groups in total. The number of nitrogens with zero attached hydrogens (tertiary/aromatic N) is 1. The van der Waals surface area contributed by atoms with Crippen molar-refractivity contribution in [1.29, 1.82) is 0 Å². The minimum Gasteiger partial charge on any atom is -0.324 e. The molecule has 1 aromatic rings. The Hall–Kier alpha value is -1.13. The summed E-state index contributed by atoms with van der Waals surface area (Å²) in [5.41, 5.74) is 7.05. The Morgan fingerprint density at radius 2 is 1.83 bits per heavy atom. The van der Waals surface area contributed by atoms with Crippen LogP contribution < -0.4 is 5.73 Å². The van der Waals surface area contributed by atoms with Crippen molar-refractivity contribution in [3.63, 3.8) is 0 Å². The number of hydrogen-bond acceptors (Lipinski definition) is 3. The van der Waals surface area contributed by atoms with Crippen LogP contribution in [0.2, 0.25) is 0 Å². The van der Waals surface area contributed by atoms with Crippen molar-refractivity contribution in [2.24, 2.45) is 11.7 Å². The van der Waals surface area contributed by atoms with Crippen LogP contribution in [0, 0.1) is 16.0 Å².